The largest absolute Gasteiger partial charge is 0.454 e. The van der Waals surface area contributed by atoms with Crippen molar-refractivity contribution in [1.29, 1.82) is 0 Å². The smallest absolute Gasteiger partial charge is 0.231 e. The maximum atomic E-state index is 13.5. The summed E-state index contributed by atoms with van der Waals surface area (Å²) in [5.41, 5.74) is 1.51. The number of aromatic nitrogens is 2. The molecule has 128 valence electrons. The minimum Gasteiger partial charge on any atom is -0.454 e. The molecule has 0 saturated heterocycles. The van der Waals surface area contributed by atoms with Crippen molar-refractivity contribution in [3.05, 3.63) is 53.9 Å². The first-order valence-corrected chi connectivity index (χ1v) is 7.93. The summed E-state index contributed by atoms with van der Waals surface area (Å²) in [6.45, 7) is 0.901. The number of halogens is 2. The molecule has 0 saturated carbocycles. The van der Waals surface area contributed by atoms with Gasteiger partial charge in [0.05, 0.1) is 5.52 Å². The summed E-state index contributed by atoms with van der Waals surface area (Å²) in [4.78, 5) is 8.09. The zero-order valence-corrected chi connectivity index (χ0v) is 13.3. The average molecular weight is 343 g/mol. The highest BCUT2D eigenvalue weighted by Gasteiger charge is 2.13. The highest BCUT2D eigenvalue weighted by atomic mass is 19.2. The Kier molecular flexibility index (Phi) is 4.05. The van der Waals surface area contributed by atoms with E-state index in [0.29, 0.717) is 23.3 Å². The molecule has 0 aliphatic carbocycles. The van der Waals surface area contributed by atoms with E-state index in [1.807, 2.05) is 18.2 Å². The molecular formula is C18H15F2N3O2. The Morgan fingerprint density at radius 2 is 1.84 bits per heavy atom. The van der Waals surface area contributed by atoms with Crippen molar-refractivity contribution < 1.29 is 18.3 Å². The second-order valence-electron chi connectivity index (χ2n) is 5.72. The van der Waals surface area contributed by atoms with Gasteiger partial charge in [-0.15, -0.1) is 0 Å². The third kappa shape index (κ3) is 3.17. The molecule has 25 heavy (non-hydrogen) atoms. The summed E-state index contributed by atoms with van der Waals surface area (Å²) >= 11 is 0. The van der Waals surface area contributed by atoms with Gasteiger partial charge in [-0.25, -0.2) is 18.7 Å². The minimum atomic E-state index is -0.917. The molecule has 0 atom stereocenters. The molecule has 4 rings (SSSR count). The number of aryl methyl sites for hydroxylation is 1. The number of hydrogen-bond acceptors (Lipinski definition) is 5. The van der Waals surface area contributed by atoms with Gasteiger partial charge in [0.25, 0.3) is 0 Å². The molecule has 0 amide bonds. The molecule has 3 aromatic rings. The Labute approximate surface area is 142 Å². The van der Waals surface area contributed by atoms with Crippen LogP contribution in [0, 0.1) is 11.6 Å². The number of hydrogen-bond donors (Lipinski definition) is 1. The van der Waals surface area contributed by atoms with Gasteiger partial charge in [-0.3, -0.25) is 0 Å². The summed E-state index contributed by atoms with van der Waals surface area (Å²) in [5, 5.41) is 3.62. The molecule has 0 radical (unpaired) electrons. The van der Waals surface area contributed by atoms with E-state index < -0.39 is 11.6 Å². The fraction of sp³-hybridized carbons (Fsp3) is 0.222. The van der Waals surface area contributed by atoms with Gasteiger partial charge in [0.2, 0.25) is 6.79 Å². The van der Waals surface area contributed by atoms with E-state index in [4.69, 9.17) is 9.47 Å². The fourth-order valence-electron chi connectivity index (χ4n) is 2.79. The van der Waals surface area contributed by atoms with Crippen LogP contribution in [0.3, 0.4) is 0 Å². The summed E-state index contributed by atoms with van der Waals surface area (Å²) in [7, 11) is 0. The summed E-state index contributed by atoms with van der Waals surface area (Å²) in [6, 6.07) is 8.07. The van der Waals surface area contributed by atoms with Crippen molar-refractivity contribution in [2.24, 2.45) is 0 Å². The summed E-state index contributed by atoms with van der Waals surface area (Å²) in [6.07, 6.45) is 3.02. The zero-order chi connectivity index (χ0) is 17.2. The van der Waals surface area contributed by atoms with E-state index in [9.17, 15) is 8.78 Å². The SMILES string of the molecule is Fc1cc2ncnc(NCCCc3ccc4c(c3)OCO4)c2cc1F. The average Bonchev–Trinajstić information content (AvgIpc) is 3.08. The third-order valence-electron chi connectivity index (χ3n) is 4.05. The van der Waals surface area contributed by atoms with Crippen LogP contribution in [0.15, 0.2) is 36.7 Å². The Hall–Kier alpha value is -2.96. The van der Waals surface area contributed by atoms with Crippen LogP contribution in [0.5, 0.6) is 11.5 Å². The molecule has 1 aliphatic heterocycles. The standard InChI is InChI=1S/C18H15F2N3O2/c19-13-7-12-15(8-14(13)20)22-9-23-18(12)21-5-1-2-11-3-4-16-17(6-11)25-10-24-16/h3-4,6-9H,1-2,5,10H2,(H,21,22,23). The third-order valence-corrected chi connectivity index (χ3v) is 4.05. The first-order valence-electron chi connectivity index (χ1n) is 7.93. The van der Waals surface area contributed by atoms with Crippen molar-refractivity contribution in [3.63, 3.8) is 0 Å². The molecule has 5 nitrogen and oxygen atoms in total. The highest BCUT2D eigenvalue weighted by Crippen LogP contribution is 2.32. The molecule has 0 fully saturated rings. The maximum absolute atomic E-state index is 13.5. The minimum absolute atomic E-state index is 0.262. The monoisotopic (exact) mass is 343 g/mol. The van der Waals surface area contributed by atoms with E-state index in [0.717, 1.165) is 42.0 Å². The number of nitrogens with one attached hydrogen (secondary N) is 1. The summed E-state index contributed by atoms with van der Waals surface area (Å²) < 4.78 is 37.4. The molecular weight excluding hydrogens is 328 g/mol. The lowest BCUT2D eigenvalue weighted by molar-refractivity contribution is 0.174. The topological polar surface area (TPSA) is 56.3 Å². The van der Waals surface area contributed by atoms with Gasteiger partial charge in [-0.2, -0.15) is 0 Å². The molecule has 1 aromatic heterocycles. The van der Waals surface area contributed by atoms with E-state index in [-0.39, 0.29) is 6.79 Å². The van der Waals surface area contributed by atoms with Gasteiger partial charge in [0.15, 0.2) is 23.1 Å². The van der Waals surface area contributed by atoms with Crippen LogP contribution in [-0.2, 0) is 6.42 Å². The predicted octanol–water partition coefficient (Wildman–Crippen LogP) is 3.68. The Bertz CT molecular complexity index is 934. The Morgan fingerprint density at radius 3 is 2.76 bits per heavy atom. The maximum Gasteiger partial charge on any atom is 0.231 e. The van der Waals surface area contributed by atoms with Crippen LogP contribution < -0.4 is 14.8 Å². The van der Waals surface area contributed by atoms with Gasteiger partial charge >= 0.3 is 0 Å². The lowest BCUT2D eigenvalue weighted by atomic mass is 10.1. The van der Waals surface area contributed by atoms with Gasteiger partial charge in [0.1, 0.15) is 12.1 Å². The van der Waals surface area contributed by atoms with Crippen molar-refractivity contribution in [3.8, 4) is 11.5 Å². The predicted molar refractivity (Wildman–Crippen MR) is 88.8 cm³/mol. The van der Waals surface area contributed by atoms with E-state index in [1.54, 1.807) is 0 Å². The van der Waals surface area contributed by atoms with Crippen LogP contribution in [0.2, 0.25) is 0 Å². The number of rotatable bonds is 5. The van der Waals surface area contributed by atoms with Gasteiger partial charge in [-0.1, -0.05) is 6.07 Å². The van der Waals surface area contributed by atoms with Crippen LogP contribution in [0.25, 0.3) is 10.9 Å². The molecule has 1 aliphatic rings. The normalized spacial score (nSPS) is 12.6. The number of benzene rings is 2. The second kappa shape index (κ2) is 6.51. The Morgan fingerprint density at radius 1 is 1.00 bits per heavy atom. The van der Waals surface area contributed by atoms with E-state index >= 15 is 0 Å². The molecule has 0 spiro atoms. The molecule has 1 N–H and O–H groups in total. The molecule has 2 heterocycles. The van der Waals surface area contributed by atoms with Crippen molar-refractivity contribution in [2.45, 2.75) is 12.8 Å². The fourth-order valence-corrected chi connectivity index (χ4v) is 2.79. The first-order chi connectivity index (χ1) is 12.2. The summed E-state index contributed by atoms with van der Waals surface area (Å²) in [5.74, 6) is 0.202. The number of nitrogens with zero attached hydrogens (tertiary/aromatic N) is 2. The van der Waals surface area contributed by atoms with E-state index in [2.05, 4.69) is 15.3 Å². The Balaban J connectivity index is 1.40. The molecule has 7 heteroatoms. The van der Waals surface area contributed by atoms with Gasteiger partial charge in [0, 0.05) is 18.0 Å². The number of ether oxygens (including phenoxy) is 2. The van der Waals surface area contributed by atoms with Crippen LogP contribution >= 0.6 is 0 Å². The first kappa shape index (κ1) is 15.6. The zero-order valence-electron chi connectivity index (χ0n) is 13.3. The molecule has 0 bridgehead atoms. The second-order valence-corrected chi connectivity index (χ2v) is 5.72. The van der Waals surface area contributed by atoms with Crippen LogP contribution in [0.4, 0.5) is 14.6 Å². The van der Waals surface area contributed by atoms with Crippen molar-refractivity contribution in [1.82, 2.24) is 9.97 Å². The molecule has 2 aromatic carbocycles. The van der Waals surface area contributed by atoms with E-state index in [1.165, 1.54) is 6.33 Å². The number of anilines is 1. The quantitative estimate of drug-likeness (QED) is 0.716. The number of fused-ring (bicyclic) bond motifs is 2. The van der Waals surface area contributed by atoms with Gasteiger partial charge in [-0.05, 0) is 36.6 Å². The van der Waals surface area contributed by atoms with Crippen LogP contribution in [0.1, 0.15) is 12.0 Å². The van der Waals surface area contributed by atoms with Crippen molar-refractivity contribution in [2.75, 3.05) is 18.7 Å². The molecule has 0 unspecified atom stereocenters. The van der Waals surface area contributed by atoms with Crippen LogP contribution in [-0.4, -0.2) is 23.3 Å². The van der Waals surface area contributed by atoms with Crippen molar-refractivity contribution >= 4 is 16.7 Å². The highest BCUT2D eigenvalue weighted by molar-refractivity contribution is 5.88. The lowest BCUT2D eigenvalue weighted by Gasteiger charge is -2.09. The van der Waals surface area contributed by atoms with Gasteiger partial charge < -0.3 is 14.8 Å². The lowest BCUT2D eigenvalue weighted by Crippen LogP contribution is -2.06.